The summed E-state index contributed by atoms with van der Waals surface area (Å²) in [7, 11) is 0. The molecular formula is C16H16F2N2O4. The largest absolute Gasteiger partial charge is 0.442 e. The van der Waals surface area contributed by atoms with Crippen LogP contribution in [0.4, 0.5) is 19.3 Å². The maximum Gasteiger partial charge on any atom is 0.414 e. The van der Waals surface area contributed by atoms with Crippen LogP contribution in [-0.2, 0) is 19.7 Å². The molecule has 0 radical (unpaired) electrons. The van der Waals surface area contributed by atoms with E-state index in [4.69, 9.17) is 4.74 Å². The van der Waals surface area contributed by atoms with Crippen LogP contribution in [0.3, 0.4) is 0 Å². The number of benzene rings is 1. The molecule has 1 unspecified atom stereocenters. The van der Waals surface area contributed by atoms with Crippen LogP contribution in [0.2, 0.25) is 0 Å². The summed E-state index contributed by atoms with van der Waals surface area (Å²) in [6.07, 6.45) is 0.0508. The minimum absolute atomic E-state index is 0.0192. The number of rotatable bonds is 5. The van der Waals surface area contributed by atoms with Gasteiger partial charge >= 0.3 is 6.09 Å². The number of cyclic esters (lactones) is 1. The summed E-state index contributed by atoms with van der Waals surface area (Å²) in [5.74, 6) is -1.98. The number of aldehydes is 1. The lowest BCUT2D eigenvalue weighted by Crippen LogP contribution is -2.33. The van der Waals surface area contributed by atoms with E-state index in [2.05, 4.69) is 5.32 Å². The number of carbonyl (C=O) groups is 3. The van der Waals surface area contributed by atoms with Crippen molar-refractivity contribution in [1.29, 1.82) is 0 Å². The standard InChI is InChI=1S/C16H16F2N2O4/c1-9(22)19-6-11-7-20(15(23)24-11)10-4-12(17)14(13(18)5-10)16(8-21)2-3-16/h4-5,8,11H,2-3,6-7H2,1H3,(H,19,22). The normalized spacial score (nSPS) is 21.4. The monoisotopic (exact) mass is 338 g/mol. The highest BCUT2D eigenvalue weighted by molar-refractivity contribution is 5.90. The molecule has 1 atom stereocenters. The number of halogens is 2. The fourth-order valence-corrected chi connectivity index (χ4v) is 2.85. The molecule has 1 aromatic carbocycles. The fraction of sp³-hybridized carbons (Fsp3) is 0.438. The number of anilines is 1. The summed E-state index contributed by atoms with van der Waals surface area (Å²) in [5.41, 5.74) is -1.30. The number of nitrogens with zero attached hydrogens (tertiary/aromatic N) is 1. The van der Waals surface area contributed by atoms with Gasteiger partial charge in [-0.25, -0.2) is 13.6 Å². The second kappa shape index (κ2) is 5.85. The Morgan fingerprint density at radius 1 is 1.42 bits per heavy atom. The Kier molecular flexibility index (Phi) is 3.98. The van der Waals surface area contributed by atoms with Crippen LogP contribution < -0.4 is 10.2 Å². The summed E-state index contributed by atoms with van der Waals surface area (Å²) in [4.78, 5) is 35.0. The van der Waals surface area contributed by atoms with E-state index < -0.39 is 29.2 Å². The van der Waals surface area contributed by atoms with Gasteiger partial charge in [0.05, 0.1) is 24.2 Å². The van der Waals surface area contributed by atoms with E-state index in [0.29, 0.717) is 19.1 Å². The Bertz CT molecular complexity index is 695. The van der Waals surface area contributed by atoms with Crippen molar-refractivity contribution in [2.24, 2.45) is 0 Å². The molecule has 2 amide bonds. The first-order chi connectivity index (χ1) is 11.4. The van der Waals surface area contributed by atoms with Crippen molar-refractivity contribution in [3.63, 3.8) is 0 Å². The average molecular weight is 338 g/mol. The Hall–Kier alpha value is -2.51. The Labute approximate surface area is 136 Å². The highest BCUT2D eigenvalue weighted by Gasteiger charge is 2.48. The van der Waals surface area contributed by atoms with E-state index in [-0.39, 0.29) is 30.2 Å². The average Bonchev–Trinajstić information content (AvgIpc) is 3.20. The van der Waals surface area contributed by atoms with Gasteiger partial charge in [0.15, 0.2) is 0 Å². The third kappa shape index (κ3) is 2.83. The predicted molar refractivity (Wildman–Crippen MR) is 79.6 cm³/mol. The van der Waals surface area contributed by atoms with E-state index in [1.807, 2.05) is 0 Å². The Morgan fingerprint density at radius 3 is 2.54 bits per heavy atom. The molecule has 1 saturated carbocycles. The van der Waals surface area contributed by atoms with E-state index in [0.717, 1.165) is 17.0 Å². The third-order valence-corrected chi connectivity index (χ3v) is 4.30. The van der Waals surface area contributed by atoms with Crippen molar-refractivity contribution in [2.75, 3.05) is 18.0 Å². The van der Waals surface area contributed by atoms with Gasteiger partial charge in [-0.2, -0.15) is 0 Å². The van der Waals surface area contributed by atoms with Crippen molar-refractivity contribution in [1.82, 2.24) is 5.32 Å². The smallest absolute Gasteiger partial charge is 0.414 e. The van der Waals surface area contributed by atoms with Gasteiger partial charge in [-0.3, -0.25) is 9.69 Å². The van der Waals surface area contributed by atoms with Gasteiger partial charge in [0.1, 0.15) is 24.0 Å². The lowest BCUT2D eigenvalue weighted by Gasteiger charge is -2.17. The summed E-state index contributed by atoms with van der Waals surface area (Å²) >= 11 is 0. The molecule has 1 aliphatic carbocycles. The number of hydrogen-bond acceptors (Lipinski definition) is 4. The predicted octanol–water partition coefficient (Wildman–Crippen LogP) is 1.66. The number of amides is 2. The molecule has 0 spiro atoms. The quantitative estimate of drug-likeness (QED) is 0.829. The molecule has 24 heavy (non-hydrogen) atoms. The molecule has 1 saturated heterocycles. The van der Waals surface area contributed by atoms with Crippen LogP contribution in [0.5, 0.6) is 0 Å². The maximum atomic E-state index is 14.3. The zero-order valence-corrected chi connectivity index (χ0v) is 13.0. The first-order valence-corrected chi connectivity index (χ1v) is 7.55. The molecule has 1 N–H and O–H groups in total. The van der Waals surface area contributed by atoms with Crippen molar-refractivity contribution in [2.45, 2.75) is 31.3 Å². The van der Waals surface area contributed by atoms with Crippen LogP contribution in [0.25, 0.3) is 0 Å². The molecule has 0 bridgehead atoms. The van der Waals surface area contributed by atoms with Gasteiger partial charge in [0.25, 0.3) is 0 Å². The van der Waals surface area contributed by atoms with Crippen LogP contribution >= 0.6 is 0 Å². The first-order valence-electron chi connectivity index (χ1n) is 7.55. The van der Waals surface area contributed by atoms with Crippen molar-refractivity contribution in [3.05, 3.63) is 29.3 Å². The van der Waals surface area contributed by atoms with Gasteiger partial charge in [-0.05, 0) is 25.0 Å². The van der Waals surface area contributed by atoms with Crippen molar-refractivity contribution >= 4 is 24.0 Å². The van der Waals surface area contributed by atoms with Crippen molar-refractivity contribution < 1.29 is 27.9 Å². The van der Waals surface area contributed by atoms with E-state index in [1.165, 1.54) is 6.92 Å². The lowest BCUT2D eigenvalue weighted by molar-refractivity contribution is -0.119. The van der Waals surface area contributed by atoms with Crippen molar-refractivity contribution in [3.8, 4) is 0 Å². The van der Waals surface area contributed by atoms with E-state index in [9.17, 15) is 23.2 Å². The number of hydrogen-bond donors (Lipinski definition) is 1. The number of carbonyl (C=O) groups excluding carboxylic acids is 3. The molecule has 3 rings (SSSR count). The molecule has 1 heterocycles. The highest BCUT2D eigenvalue weighted by Crippen LogP contribution is 2.48. The SMILES string of the molecule is CC(=O)NCC1CN(c2cc(F)c(C3(C=O)CC3)c(F)c2)C(=O)O1. The molecule has 2 fully saturated rings. The van der Waals surface area contributed by atoms with Gasteiger partial charge in [-0.1, -0.05) is 0 Å². The fourth-order valence-electron chi connectivity index (χ4n) is 2.85. The minimum atomic E-state index is -1.08. The second-order valence-electron chi connectivity index (χ2n) is 6.11. The van der Waals surface area contributed by atoms with Gasteiger partial charge in [0.2, 0.25) is 5.91 Å². The lowest BCUT2D eigenvalue weighted by atomic mass is 9.96. The molecule has 128 valence electrons. The topological polar surface area (TPSA) is 75.7 Å². The summed E-state index contributed by atoms with van der Waals surface area (Å²) in [6.45, 7) is 1.52. The van der Waals surface area contributed by atoms with Gasteiger partial charge in [0, 0.05) is 12.5 Å². The molecule has 6 nitrogen and oxygen atoms in total. The zero-order valence-electron chi connectivity index (χ0n) is 13.0. The molecular weight excluding hydrogens is 322 g/mol. The third-order valence-electron chi connectivity index (χ3n) is 4.30. The second-order valence-corrected chi connectivity index (χ2v) is 6.11. The first kappa shape index (κ1) is 16.4. The summed E-state index contributed by atoms with van der Waals surface area (Å²) in [5, 5.41) is 2.52. The van der Waals surface area contributed by atoms with E-state index in [1.54, 1.807) is 0 Å². The molecule has 0 aromatic heterocycles. The Morgan fingerprint density at radius 2 is 2.04 bits per heavy atom. The van der Waals surface area contributed by atoms with Crippen LogP contribution in [0.1, 0.15) is 25.3 Å². The number of ether oxygens (including phenoxy) is 1. The molecule has 1 aliphatic heterocycles. The Balaban J connectivity index is 1.82. The van der Waals surface area contributed by atoms with Crippen LogP contribution in [0.15, 0.2) is 12.1 Å². The molecule has 2 aliphatic rings. The molecule has 8 heteroatoms. The number of nitrogens with one attached hydrogen (secondary N) is 1. The summed E-state index contributed by atoms with van der Waals surface area (Å²) < 4.78 is 33.7. The maximum absolute atomic E-state index is 14.3. The molecule has 1 aromatic rings. The van der Waals surface area contributed by atoms with Crippen LogP contribution in [0, 0.1) is 11.6 Å². The van der Waals surface area contributed by atoms with Gasteiger partial charge in [-0.15, -0.1) is 0 Å². The highest BCUT2D eigenvalue weighted by atomic mass is 19.1. The summed E-state index contributed by atoms with van der Waals surface area (Å²) in [6, 6.07) is 2.06. The van der Waals surface area contributed by atoms with Crippen LogP contribution in [-0.4, -0.2) is 37.5 Å². The van der Waals surface area contributed by atoms with Gasteiger partial charge < -0.3 is 14.8 Å². The van der Waals surface area contributed by atoms with E-state index >= 15 is 0 Å². The zero-order chi connectivity index (χ0) is 17.5. The minimum Gasteiger partial charge on any atom is -0.442 e.